The second-order valence-electron chi connectivity index (χ2n) is 3.65. The van der Waals surface area contributed by atoms with Gasteiger partial charge in [0.05, 0.1) is 5.92 Å². The summed E-state index contributed by atoms with van der Waals surface area (Å²) in [4.78, 5) is 11.1. The molecule has 1 aliphatic rings. The SMILES string of the molecule is CC(C)C(=O)OS(=O)(=O)N1C=CCCC1. The Labute approximate surface area is 90.0 Å². The van der Waals surface area contributed by atoms with Crippen LogP contribution >= 0.6 is 0 Å². The first-order valence-corrected chi connectivity index (χ1v) is 6.22. The van der Waals surface area contributed by atoms with Crippen molar-refractivity contribution in [3.05, 3.63) is 12.3 Å². The minimum atomic E-state index is -3.93. The molecule has 0 unspecified atom stereocenters. The van der Waals surface area contributed by atoms with Crippen LogP contribution in [0, 0.1) is 5.92 Å². The van der Waals surface area contributed by atoms with Gasteiger partial charge >= 0.3 is 16.3 Å². The van der Waals surface area contributed by atoms with Gasteiger partial charge in [-0.2, -0.15) is 8.42 Å². The van der Waals surface area contributed by atoms with Crippen LogP contribution in [0.15, 0.2) is 12.3 Å². The van der Waals surface area contributed by atoms with E-state index in [9.17, 15) is 13.2 Å². The Kier molecular flexibility index (Phi) is 3.73. The Morgan fingerprint density at radius 3 is 2.60 bits per heavy atom. The summed E-state index contributed by atoms with van der Waals surface area (Å²) < 4.78 is 28.6. The largest absolute Gasteiger partial charge is 0.411 e. The zero-order valence-corrected chi connectivity index (χ0v) is 9.66. The molecule has 0 spiro atoms. The number of carbonyl (C=O) groups is 1. The van der Waals surface area contributed by atoms with Crippen LogP contribution in [-0.4, -0.2) is 25.2 Å². The summed E-state index contributed by atoms with van der Waals surface area (Å²) in [5, 5.41) is 0. The Morgan fingerprint density at radius 1 is 1.47 bits per heavy atom. The van der Waals surface area contributed by atoms with Crippen molar-refractivity contribution >= 4 is 16.3 Å². The highest BCUT2D eigenvalue weighted by atomic mass is 32.2. The highest BCUT2D eigenvalue weighted by Crippen LogP contribution is 2.13. The zero-order valence-electron chi connectivity index (χ0n) is 8.84. The van der Waals surface area contributed by atoms with E-state index in [1.165, 1.54) is 6.20 Å². The molecule has 5 nitrogen and oxygen atoms in total. The van der Waals surface area contributed by atoms with E-state index in [-0.39, 0.29) is 0 Å². The van der Waals surface area contributed by atoms with Gasteiger partial charge in [0.2, 0.25) is 0 Å². The number of hydrogen-bond acceptors (Lipinski definition) is 4. The minimum Gasteiger partial charge on any atom is -0.330 e. The molecular weight excluding hydrogens is 218 g/mol. The molecule has 0 aliphatic carbocycles. The molecule has 0 atom stereocenters. The van der Waals surface area contributed by atoms with Crippen molar-refractivity contribution in [2.45, 2.75) is 26.7 Å². The van der Waals surface area contributed by atoms with Crippen molar-refractivity contribution in [3.8, 4) is 0 Å². The summed E-state index contributed by atoms with van der Waals surface area (Å²) >= 11 is 0. The summed E-state index contributed by atoms with van der Waals surface area (Å²) in [6, 6.07) is 0. The molecule has 0 fully saturated rings. The number of nitrogens with zero attached hydrogens (tertiary/aromatic N) is 1. The Hall–Kier alpha value is -1.04. The van der Waals surface area contributed by atoms with Crippen LogP contribution in [-0.2, 0) is 19.3 Å². The maximum absolute atomic E-state index is 11.5. The van der Waals surface area contributed by atoms with Crippen LogP contribution in [0.2, 0.25) is 0 Å². The fourth-order valence-electron chi connectivity index (χ4n) is 1.07. The van der Waals surface area contributed by atoms with E-state index in [0.717, 1.165) is 17.1 Å². The first-order valence-electron chi connectivity index (χ1n) is 4.85. The van der Waals surface area contributed by atoms with Gasteiger partial charge in [-0.3, -0.25) is 4.79 Å². The lowest BCUT2D eigenvalue weighted by Crippen LogP contribution is -2.33. The van der Waals surface area contributed by atoms with Crippen LogP contribution in [0.25, 0.3) is 0 Å². The fourth-order valence-corrected chi connectivity index (χ4v) is 2.15. The van der Waals surface area contributed by atoms with E-state index in [4.69, 9.17) is 0 Å². The standard InChI is InChI=1S/C9H15NO4S/c1-8(2)9(11)14-15(12,13)10-6-4-3-5-7-10/h4,6,8H,3,5,7H2,1-2H3. The molecule has 1 rings (SSSR count). The average molecular weight is 233 g/mol. The molecular formula is C9H15NO4S. The second kappa shape index (κ2) is 4.65. The smallest absolute Gasteiger partial charge is 0.330 e. The Bertz CT molecular complexity index is 358. The third-order valence-corrected chi connectivity index (χ3v) is 3.22. The predicted octanol–water partition coefficient (Wildman–Crippen LogP) is 1.04. The predicted molar refractivity (Wildman–Crippen MR) is 54.9 cm³/mol. The topological polar surface area (TPSA) is 63.7 Å². The van der Waals surface area contributed by atoms with E-state index < -0.39 is 22.2 Å². The van der Waals surface area contributed by atoms with Crippen molar-refractivity contribution in [1.82, 2.24) is 4.31 Å². The zero-order chi connectivity index (χ0) is 11.5. The molecule has 6 heteroatoms. The van der Waals surface area contributed by atoms with Gasteiger partial charge in [0.25, 0.3) is 0 Å². The van der Waals surface area contributed by atoms with Crippen LogP contribution in [0.4, 0.5) is 0 Å². The Morgan fingerprint density at radius 2 is 2.13 bits per heavy atom. The summed E-state index contributed by atoms with van der Waals surface area (Å²) in [6.45, 7) is 3.54. The third-order valence-electron chi connectivity index (χ3n) is 1.97. The van der Waals surface area contributed by atoms with Gasteiger partial charge in [-0.1, -0.05) is 19.9 Å². The summed E-state index contributed by atoms with van der Waals surface area (Å²) in [5.41, 5.74) is 0. The molecule has 0 amide bonds. The molecule has 0 aromatic heterocycles. The highest BCUT2D eigenvalue weighted by molar-refractivity contribution is 7.84. The van der Waals surface area contributed by atoms with Gasteiger partial charge in [-0.05, 0) is 12.8 Å². The molecule has 0 saturated carbocycles. The molecule has 15 heavy (non-hydrogen) atoms. The van der Waals surface area contributed by atoms with E-state index >= 15 is 0 Å². The van der Waals surface area contributed by atoms with Crippen LogP contribution in [0.3, 0.4) is 0 Å². The van der Waals surface area contributed by atoms with Crippen LogP contribution < -0.4 is 0 Å². The number of hydrogen-bond donors (Lipinski definition) is 0. The molecule has 1 heterocycles. The van der Waals surface area contributed by atoms with Crippen molar-refractivity contribution in [3.63, 3.8) is 0 Å². The molecule has 0 bridgehead atoms. The molecule has 0 aromatic carbocycles. The van der Waals surface area contributed by atoms with Gasteiger partial charge in [-0.15, -0.1) is 0 Å². The molecule has 86 valence electrons. The first-order chi connectivity index (χ1) is 6.93. The maximum Gasteiger partial charge on any atom is 0.411 e. The van der Waals surface area contributed by atoms with Crippen molar-refractivity contribution in [2.24, 2.45) is 5.92 Å². The first kappa shape index (κ1) is 12.0. The van der Waals surface area contributed by atoms with Gasteiger partial charge in [0, 0.05) is 12.7 Å². The van der Waals surface area contributed by atoms with Crippen molar-refractivity contribution in [1.29, 1.82) is 0 Å². The Balaban J connectivity index is 2.70. The molecule has 0 saturated heterocycles. The lowest BCUT2D eigenvalue weighted by molar-refractivity contribution is -0.137. The summed E-state index contributed by atoms with van der Waals surface area (Å²) in [5.74, 6) is -1.18. The lowest BCUT2D eigenvalue weighted by Gasteiger charge is -2.21. The van der Waals surface area contributed by atoms with Gasteiger partial charge in [0.1, 0.15) is 0 Å². The number of rotatable bonds is 3. The van der Waals surface area contributed by atoms with E-state index in [2.05, 4.69) is 4.18 Å². The highest BCUT2D eigenvalue weighted by Gasteiger charge is 2.25. The van der Waals surface area contributed by atoms with Gasteiger partial charge in [0.15, 0.2) is 0 Å². The van der Waals surface area contributed by atoms with E-state index in [1.54, 1.807) is 19.9 Å². The van der Waals surface area contributed by atoms with Crippen LogP contribution in [0.1, 0.15) is 26.7 Å². The number of allylic oxidation sites excluding steroid dienone is 1. The van der Waals surface area contributed by atoms with Gasteiger partial charge in [-0.25, -0.2) is 4.31 Å². The minimum absolute atomic E-state index is 0.365. The normalized spacial score (nSPS) is 16.9. The molecule has 0 N–H and O–H groups in total. The summed E-state index contributed by atoms with van der Waals surface area (Å²) in [6.07, 6.45) is 4.77. The second-order valence-corrected chi connectivity index (χ2v) is 5.14. The number of carbonyl (C=O) groups excluding carboxylic acids is 1. The quantitative estimate of drug-likeness (QED) is 0.730. The van der Waals surface area contributed by atoms with Gasteiger partial charge < -0.3 is 4.18 Å². The maximum atomic E-state index is 11.5. The average Bonchev–Trinajstić information content (AvgIpc) is 2.18. The molecule has 1 aliphatic heterocycles. The van der Waals surface area contributed by atoms with Crippen molar-refractivity contribution < 1.29 is 17.4 Å². The lowest BCUT2D eigenvalue weighted by atomic mass is 10.2. The molecule has 0 aromatic rings. The van der Waals surface area contributed by atoms with E-state index in [1.807, 2.05) is 0 Å². The summed E-state index contributed by atoms with van der Waals surface area (Å²) in [7, 11) is -3.93. The van der Waals surface area contributed by atoms with Crippen LogP contribution in [0.5, 0.6) is 0 Å². The fraction of sp³-hybridized carbons (Fsp3) is 0.667. The third kappa shape index (κ3) is 3.23. The van der Waals surface area contributed by atoms with E-state index in [0.29, 0.717) is 6.54 Å². The molecule has 0 radical (unpaired) electrons. The van der Waals surface area contributed by atoms with Crippen molar-refractivity contribution in [2.75, 3.05) is 6.54 Å². The monoisotopic (exact) mass is 233 g/mol.